The normalized spacial score (nSPS) is 31.0. The number of aliphatic hydroxyl groups is 1. The Bertz CT molecular complexity index is 1710. The van der Waals surface area contributed by atoms with Crippen molar-refractivity contribution in [2.75, 3.05) is 10.8 Å². The van der Waals surface area contributed by atoms with Crippen LogP contribution < -0.4 is 15.1 Å². The highest BCUT2D eigenvalue weighted by atomic mass is 32.2. The number of hydrogen-bond donors (Lipinski definition) is 2. The summed E-state index contributed by atoms with van der Waals surface area (Å²) in [6, 6.07) is 9.19. The zero-order chi connectivity index (χ0) is 30.5. The molecule has 1 saturated heterocycles. The van der Waals surface area contributed by atoms with Gasteiger partial charge in [-0.25, -0.2) is 8.42 Å². The van der Waals surface area contributed by atoms with Gasteiger partial charge in [0.1, 0.15) is 5.37 Å². The first-order valence-corrected chi connectivity index (χ1v) is 17.3. The summed E-state index contributed by atoms with van der Waals surface area (Å²) in [5, 5.41) is 23.1. The van der Waals surface area contributed by atoms with Crippen LogP contribution >= 0.6 is 11.8 Å². The first kappa shape index (κ1) is 28.7. The van der Waals surface area contributed by atoms with Gasteiger partial charge < -0.3 is 20.7 Å². The second-order valence-corrected chi connectivity index (χ2v) is 16.4. The van der Waals surface area contributed by atoms with E-state index in [4.69, 9.17) is 5.73 Å². The maximum atomic E-state index is 13.9. The van der Waals surface area contributed by atoms with Crippen molar-refractivity contribution >= 4 is 50.1 Å². The molecule has 3 aliphatic carbocycles. The van der Waals surface area contributed by atoms with E-state index >= 15 is 0 Å². The van der Waals surface area contributed by atoms with E-state index in [2.05, 4.69) is 6.58 Å². The number of β-lactam (4-membered cyclic amide) rings is 1. The molecule has 0 radical (unpaired) electrons. The van der Waals surface area contributed by atoms with Crippen LogP contribution in [0.5, 0.6) is 0 Å². The average Bonchev–Trinajstić information content (AvgIpc) is 3.39. The van der Waals surface area contributed by atoms with Gasteiger partial charge in [-0.3, -0.25) is 14.0 Å². The first-order chi connectivity index (χ1) is 20.4. The molecule has 3 saturated carbocycles. The topological polar surface area (TPSA) is 144 Å². The average molecular weight is 623 g/mol. The van der Waals surface area contributed by atoms with Crippen LogP contribution in [0.15, 0.2) is 58.1 Å². The predicted octanol–water partition coefficient (Wildman–Crippen LogP) is 3.36. The number of benzene rings is 2. The molecule has 0 spiro atoms. The van der Waals surface area contributed by atoms with Crippen molar-refractivity contribution in [1.29, 1.82) is 0 Å². The van der Waals surface area contributed by atoms with Crippen molar-refractivity contribution in [3.8, 4) is 0 Å². The lowest BCUT2D eigenvalue weighted by molar-refractivity contribution is -0.301. The molecule has 2 aromatic carbocycles. The van der Waals surface area contributed by atoms with Crippen molar-refractivity contribution in [2.24, 2.45) is 22.5 Å². The Hall–Kier alpha value is -3.02. The molecule has 11 heteroatoms. The highest BCUT2D eigenvalue weighted by Gasteiger charge is 2.57. The van der Waals surface area contributed by atoms with E-state index in [1.54, 1.807) is 12.1 Å². The van der Waals surface area contributed by atoms with Crippen LogP contribution in [0.1, 0.15) is 63.9 Å². The van der Waals surface area contributed by atoms with Crippen LogP contribution in [0.3, 0.4) is 0 Å². The number of nitrogens with zero attached hydrogens (tertiary/aromatic N) is 2. The highest BCUT2D eigenvalue weighted by Crippen LogP contribution is 2.60. The van der Waals surface area contributed by atoms with Crippen LogP contribution in [0.25, 0.3) is 10.8 Å². The van der Waals surface area contributed by atoms with Gasteiger partial charge >= 0.3 is 0 Å². The largest absolute Gasteiger partial charge is 0.543 e. The Labute approximate surface area is 255 Å². The second-order valence-electron chi connectivity index (χ2n) is 13.3. The minimum Gasteiger partial charge on any atom is -0.543 e. The fraction of sp³-hybridized carbons (Fsp3) is 0.500. The summed E-state index contributed by atoms with van der Waals surface area (Å²) in [7, 11) is -3.97. The summed E-state index contributed by atoms with van der Waals surface area (Å²) in [4.78, 5) is 26.3. The summed E-state index contributed by atoms with van der Waals surface area (Å²) in [5.74, 6) is -2.78. The third-order valence-electron chi connectivity index (χ3n) is 10.8. The Kier molecular flexibility index (Phi) is 6.51. The lowest BCUT2D eigenvalue weighted by atomic mass is 9.51. The third kappa shape index (κ3) is 4.25. The van der Waals surface area contributed by atoms with Crippen LogP contribution in [0.2, 0.25) is 0 Å². The number of carbonyl (C=O) groups excluding carboxylic acids is 2. The predicted molar refractivity (Wildman–Crippen MR) is 163 cm³/mol. The van der Waals surface area contributed by atoms with Gasteiger partial charge in [0.25, 0.3) is 10.0 Å². The van der Waals surface area contributed by atoms with Gasteiger partial charge in [0.05, 0.1) is 40.8 Å². The van der Waals surface area contributed by atoms with Gasteiger partial charge in [-0.2, -0.15) is 0 Å². The molecule has 2 aromatic rings. The second kappa shape index (κ2) is 9.74. The zero-order valence-electron chi connectivity index (χ0n) is 24.2. The number of aliphatic carboxylic acids is 1. The van der Waals surface area contributed by atoms with Crippen molar-refractivity contribution in [1.82, 2.24) is 4.90 Å². The molecule has 228 valence electrons. The van der Waals surface area contributed by atoms with Crippen molar-refractivity contribution in [2.45, 2.75) is 81.1 Å². The maximum absolute atomic E-state index is 13.9. The quantitative estimate of drug-likeness (QED) is 0.405. The van der Waals surface area contributed by atoms with Crippen LogP contribution in [0.4, 0.5) is 5.69 Å². The number of anilines is 1. The van der Waals surface area contributed by atoms with E-state index in [0.717, 1.165) is 52.6 Å². The number of sulfonamides is 1. The van der Waals surface area contributed by atoms with Gasteiger partial charge in [-0.15, -0.1) is 0 Å². The van der Waals surface area contributed by atoms with Crippen molar-refractivity contribution < 1.29 is 28.2 Å². The SMILES string of the molecule is C=C(N)CC12CCC(CCc3ccc4c5c(cccc35)N(CC3=C(C(=O)[O-])N5C(=O)C(C(C)O)C5S3)S4(=O)=O)(CC1)CC2. The van der Waals surface area contributed by atoms with Crippen LogP contribution in [-0.4, -0.2) is 48.3 Å². The zero-order valence-corrected chi connectivity index (χ0v) is 25.8. The molecule has 3 atom stereocenters. The minimum absolute atomic E-state index is 0.210. The number of carboxylic acids is 1. The minimum atomic E-state index is -3.97. The molecule has 3 N–H and O–H groups in total. The molecule has 43 heavy (non-hydrogen) atoms. The van der Waals surface area contributed by atoms with E-state index in [1.165, 1.54) is 49.8 Å². The van der Waals surface area contributed by atoms with E-state index in [9.17, 15) is 28.2 Å². The number of thioether (sulfide) groups is 1. The summed E-state index contributed by atoms with van der Waals surface area (Å²) >= 11 is 1.11. The van der Waals surface area contributed by atoms with Gasteiger partial charge in [0, 0.05) is 16.0 Å². The summed E-state index contributed by atoms with van der Waals surface area (Å²) < 4.78 is 29.0. The number of hydrogen-bond acceptors (Lipinski definition) is 8. The Morgan fingerprint density at radius 3 is 2.47 bits per heavy atom. The maximum Gasteiger partial charge on any atom is 0.265 e. The number of aryl methyl sites for hydroxylation is 1. The molecular formula is C32H36N3O6S2-. The van der Waals surface area contributed by atoms with Gasteiger partial charge in [-0.1, -0.05) is 36.5 Å². The Morgan fingerprint density at radius 2 is 1.84 bits per heavy atom. The first-order valence-electron chi connectivity index (χ1n) is 15.0. The fourth-order valence-corrected chi connectivity index (χ4v) is 11.8. The number of fused-ring (bicyclic) bond motifs is 4. The lowest BCUT2D eigenvalue weighted by Gasteiger charge is -2.54. The number of amides is 1. The lowest BCUT2D eigenvalue weighted by Crippen LogP contribution is -2.61. The van der Waals surface area contributed by atoms with E-state index in [0.29, 0.717) is 21.9 Å². The van der Waals surface area contributed by atoms with Crippen LogP contribution in [0, 0.1) is 16.7 Å². The molecule has 8 rings (SSSR count). The number of carboxylic acid groups (broad SMARTS) is 1. The number of aliphatic hydroxyl groups excluding tert-OH is 1. The van der Waals surface area contributed by atoms with E-state index in [1.807, 2.05) is 18.2 Å². The standard InChI is InChI=1S/C32H37N3O6S2/c1-18(33)16-32-13-10-31(11-14-32,12-15-32)9-8-20-6-7-24-26-21(20)4-3-5-22(26)34(43(24,40)41)17-23-27(30(38)39)35-28(37)25(19(2)36)29(35)42-23/h3-7,19,25,29,36H,1,8-17,33H2,2H3,(H,38,39)/p-1. The van der Waals surface area contributed by atoms with Gasteiger partial charge in [-0.05, 0) is 98.6 Å². The Morgan fingerprint density at radius 1 is 1.16 bits per heavy atom. The molecule has 1 amide bonds. The van der Waals surface area contributed by atoms with Crippen molar-refractivity contribution in [3.05, 3.63) is 58.8 Å². The number of nitrogens with two attached hydrogens (primary N) is 1. The molecular weight excluding hydrogens is 587 g/mol. The van der Waals surface area contributed by atoms with E-state index in [-0.39, 0.29) is 22.0 Å². The summed E-state index contributed by atoms with van der Waals surface area (Å²) in [6.45, 7) is 5.21. The highest BCUT2D eigenvalue weighted by molar-refractivity contribution is 8.04. The summed E-state index contributed by atoms with van der Waals surface area (Å²) in [5.41, 5.74) is 8.71. The van der Waals surface area contributed by atoms with Crippen LogP contribution in [-0.2, 0) is 26.0 Å². The fourth-order valence-electron chi connectivity index (χ4n) is 8.42. The molecule has 0 aromatic heterocycles. The van der Waals surface area contributed by atoms with Gasteiger partial charge in [0.15, 0.2) is 0 Å². The number of allylic oxidation sites excluding steroid dienone is 1. The number of carbonyl (C=O) groups is 2. The van der Waals surface area contributed by atoms with Crippen molar-refractivity contribution in [3.63, 3.8) is 0 Å². The summed E-state index contributed by atoms with van der Waals surface area (Å²) in [6.07, 6.45) is 8.99. The molecule has 3 heterocycles. The molecule has 4 fully saturated rings. The monoisotopic (exact) mass is 622 g/mol. The Balaban J connectivity index is 1.16. The number of rotatable bonds is 9. The van der Waals surface area contributed by atoms with Gasteiger partial charge in [0.2, 0.25) is 5.91 Å². The van der Waals surface area contributed by atoms with E-state index < -0.39 is 39.3 Å². The smallest absolute Gasteiger partial charge is 0.265 e. The molecule has 9 nitrogen and oxygen atoms in total. The molecule has 3 unspecified atom stereocenters. The molecule has 2 bridgehead atoms. The molecule has 6 aliphatic rings. The molecule has 3 aliphatic heterocycles. The third-order valence-corrected chi connectivity index (χ3v) is 14.0.